The molecule has 1 N–H and O–H groups in total. The molecular formula is C15H15N5OS. The average Bonchev–Trinajstić information content (AvgIpc) is 2.92. The van der Waals surface area contributed by atoms with Gasteiger partial charge in [-0.25, -0.2) is 4.98 Å². The first-order chi connectivity index (χ1) is 10.6. The van der Waals surface area contributed by atoms with Gasteiger partial charge >= 0.3 is 0 Å². The van der Waals surface area contributed by atoms with E-state index in [1.54, 1.807) is 16.7 Å². The van der Waals surface area contributed by atoms with E-state index in [9.17, 15) is 4.79 Å². The van der Waals surface area contributed by atoms with Crippen molar-refractivity contribution in [2.45, 2.75) is 19.0 Å². The fourth-order valence-electron chi connectivity index (χ4n) is 1.97. The van der Waals surface area contributed by atoms with Gasteiger partial charge in [-0.15, -0.1) is 10.2 Å². The number of thioether (sulfide) groups is 1. The molecule has 0 atom stereocenters. The summed E-state index contributed by atoms with van der Waals surface area (Å²) in [5.74, 6) is 0.719. The first-order valence-electron chi connectivity index (χ1n) is 6.79. The van der Waals surface area contributed by atoms with Crippen LogP contribution < -0.4 is 5.32 Å². The van der Waals surface area contributed by atoms with Gasteiger partial charge < -0.3 is 5.32 Å². The Morgan fingerprint density at radius 2 is 2.14 bits per heavy atom. The molecule has 0 aliphatic heterocycles. The van der Waals surface area contributed by atoms with Crippen LogP contribution in [0, 0.1) is 13.8 Å². The number of hydrogen-bond donors (Lipinski definition) is 1. The standard InChI is InChI=1S/C15H15N5OS/c1-10-4-5-12(8-11(10)2)17-13(21)9-22-15-19-18-14-16-6-3-7-20(14)15/h3-8H,9H2,1-2H3,(H,17,21). The normalized spacial score (nSPS) is 10.8. The van der Waals surface area contributed by atoms with Crippen molar-refractivity contribution >= 4 is 29.1 Å². The Balaban J connectivity index is 1.63. The van der Waals surface area contributed by atoms with E-state index in [0.29, 0.717) is 10.9 Å². The van der Waals surface area contributed by atoms with Gasteiger partial charge in [-0.1, -0.05) is 17.8 Å². The maximum absolute atomic E-state index is 12.0. The molecule has 112 valence electrons. The van der Waals surface area contributed by atoms with Crippen LogP contribution in [0.25, 0.3) is 5.78 Å². The van der Waals surface area contributed by atoms with Gasteiger partial charge in [0.25, 0.3) is 5.78 Å². The quantitative estimate of drug-likeness (QED) is 0.749. The van der Waals surface area contributed by atoms with Crippen LogP contribution in [-0.2, 0) is 4.79 Å². The van der Waals surface area contributed by atoms with Crippen molar-refractivity contribution in [2.24, 2.45) is 0 Å². The van der Waals surface area contributed by atoms with Crippen LogP contribution in [0.15, 0.2) is 41.8 Å². The number of fused-ring (bicyclic) bond motifs is 1. The second kappa shape index (κ2) is 6.15. The van der Waals surface area contributed by atoms with Crippen LogP contribution in [-0.4, -0.2) is 31.2 Å². The lowest BCUT2D eigenvalue weighted by molar-refractivity contribution is -0.113. The van der Waals surface area contributed by atoms with Gasteiger partial charge in [-0.05, 0) is 43.2 Å². The van der Waals surface area contributed by atoms with E-state index in [1.165, 1.54) is 17.3 Å². The van der Waals surface area contributed by atoms with Crippen molar-refractivity contribution in [3.8, 4) is 0 Å². The van der Waals surface area contributed by atoms with Crippen molar-refractivity contribution in [3.63, 3.8) is 0 Å². The zero-order valence-electron chi connectivity index (χ0n) is 12.3. The number of benzene rings is 1. The zero-order chi connectivity index (χ0) is 15.5. The van der Waals surface area contributed by atoms with Gasteiger partial charge in [0.2, 0.25) is 5.91 Å². The summed E-state index contributed by atoms with van der Waals surface area (Å²) in [5.41, 5.74) is 3.16. The van der Waals surface area contributed by atoms with E-state index < -0.39 is 0 Å². The largest absolute Gasteiger partial charge is 0.325 e. The molecular weight excluding hydrogens is 298 g/mol. The molecule has 0 saturated heterocycles. The van der Waals surface area contributed by atoms with E-state index in [1.807, 2.05) is 38.2 Å². The Morgan fingerprint density at radius 3 is 2.95 bits per heavy atom. The van der Waals surface area contributed by atoms with Crippen molar-refractivity contribution in [1.82, 2.24) is 19.6 Å². The van der Waals surface area contributed by atoms with E-state index in [0.717, 1.165) is 11.3 Å². The summed E-state index contributed by atoms with van der Waals surface area (Å²) in [5, 5.41) is 11.5. The Kier molecular flexibility index (Phi) is 4.06. The van der Waals surface area contributed by atoms with Gasteiger partial charge in [0.1, 0.15) is 0 Å². The van der Waals surface area contributed by atoms with Crippen LogP contribution in [0.5, 0.6) is 0 Å². The van der Waals surface area contributed by atoms with E-state index in [2.05, 4.69) is 20.5 Å². The number of aromatic nitrogens is 4. The minimum atomic E-state index is -0.0751. The number of aryl methyl sites for hydroxylation is 2. The van der Waals surface area contributed by atoms with Gasteiger partial charge in [-0.2, -0.15) is 0 Å². The van der Waals surface area contributed by atoms with Crippen LogP contribution in [0.2, 0.25) is 0 Å². The third kappa shape index (κ3) is 3.09. The molecule has 7 heteroatoms. The molecule has 2 aromatic heterocycles. The van der Waals surface area contributed by atoms with Crippen LogP contribution in [0.1, 0.15) is 11.1 Å². The maximum Gasteiger partial charge on any atom is 0.255 e. The topological polar surface area (TPSA) is 72.2 Å². The maximum atomic E-state index is 12.0. The fourth-order valence-corrected chi connectivity index (χ4v) is 2.68. The molecule has 1 amide bonds. The minimum absolute atomic E-state index is 0.0751. The molecule has 0 unspecified atom stereocenters. The zero-order valence-corrected chi connectivity index (χ0v) is 13.1. The molecule has 0 aliphatic rings. The number of anilines is 1. The highest BCUT2D eigenvalue weighted by Crippen LogP contribution is 2.17. The Bertz CT molecular complexity index is 830. The average molecular weight is 313 g/mol. The Labute approximate surface area is 132 Å². The van der Waals surface area contributed by atoms with Crippen LogP contribution in [0.3, 0.4) is 0 Å². The SMILES string of the molecule is Cc1ccc(NC(=O)CSc2nnc3ncccn23)cc1C. The van der Waals surface area contributed by atoms with E-state index >= 15 is 0 Å². The molecule has 0 saturated carbocycles. The monoisotopic (exact) mass is 313 g/mol. The van der Waals surface area contributed by atoms with E-state index in [-0.39, 0.29) is 11.7 Å². The summed E-state index contributed by atoms with van der Waals surface area (Å²) in [6.45, 7) is 4.07. The van der Waals surface area contributed by atoms with Crippen molar-refractivity contribution < 1.29 is 4.79 Å². The molecule has 22 heavy (non-hydrogen) atoms. The third-order valence-electron chi connectivity index (χ3n) is 3.28. The second-order valence-corrected chi connectivity index (χ2v) is 5.85. The highest BCUT2D eigenvalue weighted by atomic mass is 32.2. The highest BCUT2D eigenvalue weighted by Gasteiger charge is 2.09. The predicted molar refractivity (Wildman–Crippen MR) is 86.1 cm³/mol. The first-order valence-corrected chi connectivity index (χ1v) is 7.78. The number of rotatable bonds is 4. The van der Waals surface area contributed by atoms with Gasteiger partial charge in [0, 0.05) is 18.1 Å². The van der Waals surface area contributed by atoms with Crippen LogP contribution >= 0.6 is 11.8 Å². The predicted octanol–water partition coefficient (Wildman–Crippen LogP) is 2.47. The summed E-state index contributed by atoms with van der Waals surface area (Å²) >= 11 is 1.33. The Morgan fingerprint density at radius 1 is 1.27 bits per heavy atom. The van der Waals surface area contributed by atoms with Crippen molar-refractivity contribution in [3.05, 3.63) is 47.8 Å². The van der Waals surface area contributed by atoms with Gasteiger partial charge in [0.15, 0.2) is 5.16 Å². The number of amides is 1. The molecule has 0 bridgehead atoms. The number of hydrogen-bond acceptors (Lipinski definition) is 5. The molecule has 6 nitrogen and oxygen atoms in total. The van der Waals surface area contributed by atoms with Crippen molar-refractivity contribution in [2.75, 3.05) is 11.1 Å². The smallest absolute Gasteiger partial charge is 0.255 e. The number of carbonyl (C=O) groups is 1. The molecule has 0 radical (unpaired) electrons. The number of carbonyl (C=O) groups excluding carboxylic acids is 1. The number of nitrogens with one attached hydrogen (secondary N) is 1. The lowest BCUT2D eigenvalue weighted by Gasteiger charge is -2.07. The third-order valence-corrected chi connectivity index (χ3v) is 4.22. The van der Waals surface area contributed by atoms with Crippen molar-refractivity contribution in [1.29, 1.82) is 0 Å². The lowest BCUT2D eigenvalue weighted by atomic mass is 10.1. The molecule has 2 heterocycles. The molecule has 1 aromatic carbocycles. The van der Waals surface area contributed by atoms with E-state index in [4.69, 9.17) is 0 Å². The summed E-state index contributed by atoms with van der Waals surface area (Å²) in [6.07, 6.45) is 3.48. The van der Waals surface area contributed by atoms with Gasteiger partial charge in [0.05, 0.1) is 5.75 Å². The summed E-state index contributed by atoms with van der Waals surface area (Å²) in [4.78, 5) is 16.1. The minimum Gasteiger partial charge on any atom is -0.325 e. The van der Waals surface area contributed by atoms with Gasteiger partial charge in [-0.3, -0.25) is 9.20 Å². The summed E-state index contributed by atoms with van der Waals surface area (Å²) in [6, 6.07) is 7.67. The molecule has 0 spiro atoms. The summed E-state index contributed by atoms with van der Waals surface area (Å²) < 4.78 is 1.76. The molecule has 3 rings (SSSR count). The lowest BCUT2D eigenvalue weighted by Crippen LogP contribution is -2.14. The second-order valence-electron chi connectivity index (χ2n) is 4.91. The highest BCUT2D eigenvalue weighted by molar-refractivity contribution is 7.99. The number of nitrogens with zero attached hydrogens (tertiary/aromatic N) is 4. The molecule has 3 aromatic rings. The fraction of sp³-hybridized carbons (Fsp3) is 0.200. The molecule has 0 aliphatic carbocycles. The Hall–Kier alpha value is -2.41. The van der Waals surface area contributed by atoms with Crippen LogP contribution in [0.4, 0.5) is 5.69 Å². The summed E-state index contributed by atoms with van der Waals surface area (Å²) in [7, 11) is 0. The molecule has 0 fully saturated rings. The first kappa shape index (κ1) is 14.5.